The van der Waals surface area contributed by atoms with E-state index in [0.717, 1.165) is 13.0 Å². The van der Waals surface area contributed by atoms with Crippen molar-refractivity contribution in [1.29, 1.82) is 0 Å². The van der Waals surface area contributed by atoms with Crippen LogP contribution in [0.2, 0.25) is 0 Å². The van der Waals surface area contributed by atoms with Gasteiger partial charge in [0.25, 0.3) is 0 Å². The van der Waals surface area contributed by atoms with E-state index in [-0.39, 0.29) is 24.2 Å². The Morgan fingerprint density at radius 1 is 1.08 bits per heavy atom. The number of hydrogen-bond donors (Lipinski definition) is 2. The molecule has 0 spiro atoms. The van der Waals surface area contributed by atoms with Crippen LogP contribution in [0.4, 0.5) is 0 Å². The maximum atomic E-state index is 12.1. The molecular formula is C21H25ClN2O. The molecule has 25 heavy (non-hydrogen) atoms. The number of nitrogens with one attached hydrogen (secondary N) is 1. The summed E-state index contributed by atoms with van der Waals surface area (Å²) in [5.41, 5.74) is 11.4. The second kappa shape index (κ2) is 7.19. The van der Waals surface area contributed by atoms with Crippen molar-refractivity contribution in [2.24, 2.45) is 17.6 Å². The van der Waals surface area contributed by atoms with Crippen molar-refractivity contribution in [2.45, 2.75) is 25.2 Å². The number of halogens is 1. The highest BCUT2D eigenvalue weighted by molar-refractivity contribution is 5.85. The summed E-state index contributed by atoms with van der Waals surface area (Å²) in [6, 6.07) is 17.6. The molecular weight excluding hydrogens is 332 g/mol. The first-order valence-electron chi connectivity index (χ1n) is 8.86. The summed E-state index contributed by atoms with van der Waals surface area (Å²) >= 11 is 0. The lowest BCUT2D eigenvalue weighted by Crippen LogP contribution is -2.41. The third kappa shape index (κ3) is 2.96. The van der Waals surface area contributed by atoms with E-state index in [1.54, 1.807) is 0 Å². The molecule has 0 aromatic heterocycles. The van der Waals surface area contributed by atoms with E-state index >= 15 is 0 Å². The molecule has 0 fully saturated rings. The highest BCUT2D eigenvalue weighted by Gasteiger charge is 2.42. The van der Waals surface area contributed by atoms with Crippen molar-refractivity contribution in [3.8, 4) is 0 Å². The van der Waals surface area contributed by atoms with Gasteiger partial charge in [0.1, 0.15) is 0 Å². The molecule has 3 aliphatic carbocycles. The van der Waals surface area contributed by atoms with E-state index < -0.39 is 0 Å². The second-order valence-corrected chi connectivity index (χ2v) is 7.17. The van der Waals surface area contributed by atoms with Gasteiger partial charge in [0.2, 0.25) is 5.91 Å². The van der Waals surface area contributed by atoms with Gasteiger partial charge in [0.05, 0.1) is 0 Å². The number of fused-ring (bicyclic) bond motifs is 1. The Labute approximate surface area is 155 Å². The molecule has 3 N–H and O–H groups in total. The van der Waals surface area contributed by atoms with E-state index in [2.05, 4.69) is 53.8 Å². The van der Waals surface area contributed by atoms with E-state index in [9.17, 15) is 4.79 Å². The van der Waals surface area contributed by atoms with Gasteiger partial charge in [-0.1, -0.05) is 55.5 Å². The Hall–Kier alpha value is -1.84. The highest BCUT2D eigenvalue weighted by atomic mass is 35.5. The number of rotatable bonds is 4. The van der Waals surface area contributed by atoms with E-state index in [1.807, 2.05) is 6.92 Å². The van der Waals surface area contributed by atoms with Gasteiger partial charge in [-0.25, -0.2) is 0 Å². The number of hydrogen-bond acceptors (Lipinski definition) is 2. The molecule has 0 saturated carbocycles. The van der Waals surface area contributed by atoms with Crippen LogP contribution in [0.5, 0.6) is 0 Å². The average molecular weight is 357 g/mol. The van der Waals surface area contributed by atoms with Gasteiger partial charge in [0, 0.05) is 30.8 Å². The van der Waals surface area contributed by atoms with Crippen molar-refractivity contribution in [3.63, 3.8) is 0 Å². The Bertz CT molecular complexity index is 728. The van der Waals surface area contributed by atoms with Crippen LogP contribution in [0, 0.1) is 11.8 Å². The summed E-state index contributed by atoms with van der Waals surface area (Å²) in [6.45, 7) is 3.01. The van der Waals surface area contributed by atoms with Gasteiger partial charge in [-0.2, -0.15) is 0 Å². The second-order valence-electron chi connectivity index (χ2n) is 7.17. The zero-order chi connectivity index (χ0) is 16.7. The lowest BCUT2D eigenvalue weighted by Gasteiger charge is -2.45. The smallest absolute Gasteiger partial charge is 0.224 e. The summed E-state index contributed by atoms with van der Waals surface area (Å²) in [5, 5.41) is 3.13. The molecule has 132 valence electrons. The van der Waals surface area contributed by atoms with E-state index in [1.165, 1.54) is 22.3 Å². The van der Waals surface area contributed by atoms with Crippen LogP contribution in [0.1, 0.15) is 47.4 Å². The molecule has 2 unspecified atom stereocenters. The largest absolute Gasteiger partial charge is 0.356 e. The fourth-order valence-electron chi connectivity index (χ4n) is 4.47. The minimum absolute atomic E-state index is 0. The molecule has 2 aromatic carbocycles. The van der Waals surface area contributed by atoms with Crippen LogP contribution in [0.15, 0.2) is 48.5 Å². The number of carbonyl (C=O) groups is 1. The lowest BCUT2D eigenvalue weighted by molar-refractivity contribution is -0.124. The maximum Gasteiger partial charge on any atom is 0.224 e. The molecule has 2 atom stereocenters. The third-order valence-corrected chi connectivity index (χ3v) is 5.76. The van der Waals surface area contributed by atoms with Crippen LogP contribution in [0.25, 0.3) is 0 Å². The summed E-state index contributed by atoms with van der Waals surface area (Å²) in [4.78, 5) is 12.1. The summed E-state index contributed by atoms with van der Waals surface area (Å²) in [5.74, 6) is 1.24. The normalized spacial score (nSPS) is 23.8. The number of nitrogens with two attached hydrogens (primary N) is 1. The zero-order valence-corrected chi connectivity index (χ0v) is 15.3. The Kier molecular flexibility index (Phi) is 5.16. The van der Waals surface area contributed by atoms with Gasteiger partial charge in [-0.05, 0) is 34.6 Å². The van der Waals surface area contributed by atoms with Crippen LogP contribution >= 0.6 is 12.4 Å². The maximum absolute atomic E-state index is 12.1. The molecule has 1 amide bonds. The molecule has 0 radical (unpaired) electrons. The Balaban J connectivity index is 0.00000182. The molecule has 4 heteroatoms. The molecule has 2 bridgehead atoms. The van der Waals surface area contributed by atoms with Gasteiger partial charge >= 0.3 is 0 Å². The number of benzene rings is 2. The fraction of sp³-hybridized carbons (Fsp3) is 0.381. The van der Waals surface area contributed by atoms with Crippen molar-refractivity contribution in [3.05, 3.63) is 70.8 Å². The predicted molar refractivity (Wildman–Crippen MR) is 103 cm³/mol. The number of carbonyl (C=O) groups excluding carboxylic acids is 1. The molecule has 0 heterocycles. The molecule has 2 aromatic rings. The summed E-state index contributed by atoms with van der Waals surface area (Å²) < 4.78 is 0. The van der Waals surface area contributed by atoms with Crippen molar-refractivity contribution in [2.75, 3.05) is 13.1 Å². The van der Waals surface area contributed by atoms with Crippen molar-refractivity contribution in [1.82, 2.24) is 5.32 Å². The van der Waals surface area contributed by atoms with Crippen molar-refractivity contribution >= 4 is 18.3 Å². The third-order valence-electron chi connectivity index (χ3n) is 5.76. The first-order valence-corrected chi connectivity index (χ1v) is 8.86. The predicted octanol–water partition coefficient (Wildman–Crippen LogP) is 3.42. The minimum Gasteiger partial charge on any atom is -0.356 e. The topological polar surface area (TPSA) is 55.1 Å². The minimum atomic E-state index is -0.120. The van der Waals surface area contributed by atoms with Gasteiger partial charge in [0.15, 0.2) is 0 Å². The molecule has 5 rings (SSSR count). The van der Waals surface area contributed by atoms with Crippen LogP contribution in [0.3, 0.4) is 0 Å². The molecule has 3 nitrogen and oxygen atoms in total. The SMILES string of the molecule is CC(CN)C(=O)NCC1CC2c3ccccc3C1c1ccccc12.Cl. The van der Waals surface area contributed by atoms with Crippen molar-refractivity contribution < 1.29 is 4.79 Å². The van der Waals surface area contributed by atoms with Crippen LogP contribution < -0.4 is 11.1 Å². The summed E-state index contributed by atoms with van der Waals surface area (Å²) in [7, 11) is 0. The Morgan fingerprint density at radius 3 is 2.12 bits per heavy atom. The highest BCUT2D eigenvalue weighted by Crippen LogP contribution is 2.55. The monoisotopic (exact) mass is 356 g/mol. The molecule has 0 aliphatic heterocycles. The quantitative estimate of drug-likeness (QED) is 0.881. The van der Waals surface area contributed by atoms with Gasteiger partial charge in [-0.15, -0.1) is 12.4 Å². The average Bonchev–Trinajstić information content (AvgIpc) is 2.65. The lowest BCUT2D eigenvalue weighted by atomic mass is 9.59. The van der Waals surface area contributed by atoms with Crippen LogP contribution in [-0.4, -0.2) is 19.0 Å². The van der Waals surface area contributed by atoms with E-state index in [0.29, 0.717) is 24.3 Å². The van der Waals surface area contributed by atoms with E-state index in [4.69, 9.17) is 5.73 Å². The zero-order valence-electron chi connectivity index (χ0n) is 14.4. The standard InChI is InChI=1S/C21H24N2O.ClH/c1-13(11-22)21(24)23-12-14-10-19-15-6-2-4-8-17(15)20(14)18-9-5-3-7-16(18)19;/h2-9,13-14,19-20H,10-12,22H2,1H3,(H,23,24);1H. The first-order chi connectivity index (χ1) is 11.7. The van der Waals surface area contributed by atoms with Gasteiger partial charge in [-0.3, -0.25) is 4.79 Å². The molecule has 0 saturated heterocycles. The summed E-state index contributed by atoms with van der Waals surface area (Å²) in [6.07, 6.45) is 1.11. The fourth-order valence-corrected chi connectivity index (χ4v) is 4.47. The first kappa shape index (κ1) is 18.0. The van der Waals surface area contributed by atoms with Gasteiger partial charge < -0.3 is 11.1 Å². The molecule has 3 aliphatic rings. The number of amides is 1. The Morgan fingerprint density at radius 2 is 1.60 bits per heavy atom. The van der Waals surface area contributed by atoms with Crippen LogP contribution in [-0.2, 0) is 4.79 Å².